The summed E-state index contributed by atoms with van der Waals surface area (Å²) in [5, 5.41) is 19.8. The van der Waals surface area contributed by atoms with Crippen LogP contribution < -0.4 is 0 Å². The highest BCUT2D eigenvalue weighted by atomic mass is 16.6. The molecule has 0 aliphatic rings. The van der Waals surface area contributed by atoms with Gasteiger partial charge in [0.25, 0.3) is 5.69 Å². The molecule has 2 rings (SSSR count). The van der Waals surface area contributed by atoms with Crippen molar-refractivity contribution in [3.8, 4) is 0 Å². The van der Waals surface area contributed by atoms with Gasteiger partial charge in [0.05, 0.1) is 10.3 Å². The maximum Gasteiger partial charge on any atom is 0.277 e. The van der Waals surface area contributed by atoms with Gasteiger partial charge in [-0.25, -0.2) is 0 Å². The van der Waals surface area contributed by atoms with Crippen LogP contribution in [-0.4, -0.2) is 16.6 Å². The highest BCUT2D eigenvalue weighted by Gasteiger charge is 2.08. The second-order valence-electron chi connectivity index (χ2n) is 3.07. The van der Waals surface area contributed by atoms with Gasteiger partial charge in [-0.15, -0.1) is 0 Å². The summed E-state index contributed by atoms with van der Waals surface area (Å²) in [6.07, 6.45) is 0. The molecule has 0 spiro atoms. The third kappa shape index (κ3) is 2.77. The Hall–Kier alpha value is -1.94. The normalized spacial score (nSPS) is 9.38. The minimum atomic E-state index is -0.359. The van der Waals surface area contributed by atoms with Gasteiger partial charge in [-0.2, -0.15) is 0 Å². The van der Waals surface area contributed by atoms with Crippen molar-refractivity contribution in [1.29, 1.82) is 0 Å². The van der Waals surface area contributed by atoms with Crippen LogP contribution in [-0.2, 0) is 0 Å². The molecule has 0 radical (unpaired) electrons. The number of aliphatic hydroxyl groups is 1. The molecule has 0 saturated carbocycles. The Morgan fingerprint density at radius 2 is 1.75 bits per heavy atom. The van der Waals surface area contributed by atoms with Crippen LogP contribution in [0.15, 0.2) is 42.5 Å². The van der Waals surface area contributed by atoms with Crippen molar-refractivity contribution in [3.63, 3.8) is 0 Å². The Balaban J connectivity index is 0.000000386. The highest BCUT2D eigenvalue weighted by molar-refractivity contribution is 5.90. The van der Waals surface area contributed by atoms with Crippen molar-refractivity contribution in [2.24, 2.45) is 0 Å². The number of nitrogens with zero attached hydrogens (tertiary/aromatic N) is 1. The number of non-ortho nitro benzene ring substituents is 1. The lowest BCUT2D eigenvalue weighted by molar-refractivity contribution is -0.383. The molecule has 0 saturated heterocycles. The second kappa shape index (κ2) is 5.82. The van der Waals surface area contributed by atoms with Crippen LogP contribution in [0.5, 0.6) is 0 Å². The second-order valence-corrected chi connectivity index (χ2v) is 3.07. The first-order valence-corrected chi connectivity index (χ1v) is 4.93. The maximum atomic E-state index is 10.6. The molecule has 2 aromatic carbocycles. The highest BCUT2D eigenvalue weighted by Crippen LogP contribution is 2.24. The summed E-state index contributed by atoms with van der Waals surface area (Å²) in [7, 11) is 0. The van der Waals surface area contributed by atoms with Crippen LogP contribution in [0, 0.1) is 10.1 Å². The van der Waals surface area contributed by atoms with Gasteiger partial charge in [0.15, 0.2) is 0 Å². The molecule has 1 N–H and O–H groups in total. The van der Waals surface area contributed by atoms with Gasteiger partial charge in [0, 0.05) is 12.7 Å². The van der Waals surface area contributed by atoms with Gasteiger partial charge < -0.3 is 5.11 Å². The molecular formula is C12H13NO3. The number of aliphatic hydroxyl groups excluding tert-OH is 1. The molecule has 0 aliphatic heterocycles. The molecule has 0 aromatic heterocycles. The van der Waals surface area contributed by atoms with E-state index in [0.717, 1.165) is 5.39 Å². The Kier molecular flexibility index (Phi) is 4.42. The first-order valence-electron chi connectivity index (χ1n) is 4.93. The first kappa shape index (κ1) is 12.1. The van der Waals surface area contributed by atoms with E-state index in [-0.39, 0.29) is 17.2 Å². The van der Waals surface area contributed by atoms with Crippen molar-refractivity contribution < 1.29 is 10.0 Å². The SMILES string of the molecule is CCO.O=[N+]([O-])c1cccc2ccccc12. The van der Waals surface area contributed by atoms with Gasteiger partial charge in [0.1, 0.15) is 0 Å². The van der Waals surface area contributed by atoms with Crippen LogP contribution in [0.3, 0.4) is 0 Å². The van der Waals surface area contributed by atoms with E-state index in [0.29, 0.717) is 5.39 Å². The zero-order valence-corrected chi connectivity index (χ0v) is 8.96. The lowest BCUT2D eigenvalue weighted by atomic mass is 10.1. The number of benzene rings is 2. The van der Waals surface area contributed by atoms with Crippen molar-refractivity contribution in [3.05, 3.63) is 52.6 Å². The molecule has 4 nitrogen and oxygen atoms in total. The third-order valence-electron chi connectivity index (χ3n) is 1.96. The number of fused-ring (bicyclic) bond motifs is 1. The molecule has 0 unspecified atom stereocenters. The van der Waals surface area contributed by atoms with E-state index in [9.17, 15) is 10.1 Å². The van der Waals surface area contributed by atoms with Crippen molar-refractivity contribution >= 4 is 16.5 Å². The van der Waals surface area contributed by atoms with Gasteiger partial charge in [0.2, 0.25) is 0 Å². The molecule has 0 fully saturated rings. The topological polar surface area (TPSA) is 63.4 Å². The number of hydrogen-bond acceptors (Lipinski definition) is 3. The van der Waals surface area contributed by atoms with Crippen LogP contribution in [0.1, 0.15) is 6.92 Å². The van der Waals surface area contributed by atoms with Gasteiger partial charge in [-0.1, -0.05) is 30.3 Å². The standard InChI is InChI=1S/C10H7NO2.C2H6O/c12-11(13)10-7-3-5-8-4-1-2-6-9(8)10;1-2-3/h1-7H;3H,2H2,1H3. The minimum Gasteiger partial charge on any atom is -0.397 e. The van der Waals surface area contributed by atoms with E-state index in [1.54, 1.807) is 25.1 Å². The molecule has 0 aliphatic carbocycles. The molecule has 2 aromatic rings. The molecule has 16 heavy (non-hydrogen) atoms. The molecule has 0 atom stereocenters. The third-order valence-corrected chi connectivity index (χ3v) is 1.96. The molecule has 0 bridgehead atoms. The molecule has 0 heterocycles. The van der Waals surface area contributed by atoms with E-state index in [4.69, 9.17) is 5.11 Å². The Labute approximate surface area is 93.3 Å². The molecular weight excluding hydrogens is 206 g/mol. The van der Waals surface area contributed by atoms with Crippen LogP contribution >= 0.6 is 0 Å². The van der Waals surface area contributed by atoms with Crippen molar-refractivity contribution in [1.82, 2.24) is 0 Å². The van der Waals surface area contributed by atoms with E-state index >= 15 is 0 Å². The van der Waals surface area contributed by atoms with Gasteiger partial charge in [-0.05, 0) is 18.4 Å². The fraction of sp³-hybridized carbons (Fsp3) is 0.167. The van der Waals surface area contributed by atoms with Gasteiger partial charge in [-0.3, -0.25) is 10.1 Å². The van der Waals surface area contributed by atoms with E-state index < -0.39 is 0 Å². The van der Waals surface area contributed by atoms with Crippen LogP contribution in [0.2, 0.25) is 0 Å². The average molecular weight is 219 g/mol. The predicted molar refractivity (Wildman–Crippen MR) is 63.4 cm³/mol. The fourth-order valence-corrected chi connectivity index (χ4v) is 1.37. The Morgan fingerprint density at radius 3 is 2.38 bits per heavy atom. The smallest absolute Gasteiger partial charge is 0.277 e. The lowest BCUT2D eigenvalue weighted by Gasteiger charge is -1.97. The summed E-state index contributed by atoms with van der Waals surface area (Å²) < 4.78 is 0. The zero-order valence-electron chi connectivity index (χ0n) is 8.96. The van der Waals surface area contributed by atoms with Crippen molar-refractivity contribution in [2.75, 3.05) is 6.61 Å². The number of hydrogen-bond donors (Lipinski definition) is 1. The zero-order chi connectivity index (χ0) is 12.0. The predicted octanol–water partition coefficient (Wildman–Crippen LogP) is 2.75. The largest absolute Gasteiger partial charge is 0.397 e. The fourth-order valence-electron chi connectivity index (χ4n) is 1.37. The number of rotatable bonds is 1. The minimum absolute atomic E-state index is 0.165. The summed E-state index contributed by atoms with van der Waals surface area (Å²) in [5.41, 5.74) is 0.165. The first-order chi connectivity index (χ1) is 7.70. The summed E-state index contributed by atoms with van der Waals surface area (Å²) >= 11 is 0. The van der Waals surface area contributed by atoms with E-state index in [2.05, 4.69) is 0 Å². The van der Waals surface area contributed by atoms with Crippen LogP contribution in [0.25, 0.3) is 10.8 Å². The van der Waals surface area contributed by atoms with Crippen molar-refractivity contribution in [2.45, 2.75) is 6.92 Å². The van der Waals surface area contributed by atoms with E-state index in [1.165, 1.54) is 6.07 Å². The summed E-state index contributed by atoms with van der Waals surface area (Å²) in [4.78, 5) is 10.3. The average Bonchev–Trinajstić information content (AvgIpc) is 2.29. The monoisotopic (exact) mass is 219 g/mol. The maximum absolute atomic E-state index is 10.6. The lowest BCUT2D eigenvalue weighted by Crippen LogP contribution is -1.88. The number of nitro groups is 1. The van der Waals surface area contributed by atoms with E-state index in [1.807, 2.05) is 18.2 Å². The summed E-state index contributed by atoms with van der Waals surface area (Å²) in [5.74, 6) is 0. The molecule has 4 heteroatoms. The Bertz CT molecular complexity index is 477. The summed E-state index contributed by atoms with van der Waals surface area (Å²) in [6.45, 7) is 1.93. The number of nitro benzene ring substituents is 1. The molecule has 84 valence electrons. The van der Waals surface area contributed by atoms with Crippen LogP contribution in [0.4, 0.5) is 5.69 Å². The molecule has 0 amide bonds. The summed E-state index contributed by atoms with van der Waals surface area (Å²) in [6, 6.07) is 12.4. The quantitative estimate of drug-likeness (QED) is 0.592. The van der Waals surface area contributed by atoms with Gasteiger partial charge >= 0.3 is 0 Å². The Morgan fingerprint density at radius 1 is 1.19 bits per heavy atom.